The first-order valence-electron chi connectivity index (χ1n) is 9.26. The van der Waals surface area contributed by atoms with E-state index in [4.69, 9.17) is 4.74 Å². The lowest BCUT2D eigenvalue weighted by Gasteiger charge is -2.11. The number of hydrogen-bond donors (Lipinski definition) is 1. The van der Waals surface area contributed by atoms with Crippen molar-refractivity contribution in [2.75, 3.05) is 11.9 Å². The molecule has 0 aliphatic heterocycles. The van der Waals surface area contributed by atoms with E-state index in [1.54, 1.807) is 24.5 Å². The Morgan fingerprint density at radius 2 is 2.07 bits per heavy atom. The third kappa shape index (κ3) is 4.11. The molecule has 0 unspecified atom stereocenters. The van der Waals surface area contributed by atoms with Gasteiger partial charge in [0, 0.05) is 28.6 Å². The van der Waals surface area contributed by atoms with Crippen LogP contribution in [0.15, 0.2) is 24.4 Å². The van der Waals surface area contributed by atoms with E-state index in [0.29, 0.717) is 30.8 Å². The molecule has 3 aromatic heterocycles. The third-order valence-electron chi connectivity index (χ3n) is 4.77. The normalized spacial score (nSPS) is 18.1. The number of rotatable bonds is 7. The van der Waals surface area contributed by atoms with Crippen LogP contribution in [0.4, 0.5) is 10.2 Å². The Morgan fingerprint density at radius 1 is 1.21 bits per heavy atom. The van der Waals surface area contributed by atoms with Crippen molar-refractivity contribution in [2.45, 2.75) is 39.7 Å². The van der Waals surface area contributed by atoms with Crippen LogP contribution in [0.2, 0.25) is 0 Å². The van der Waals surface area contributed by atoms with Crippen molar-refractivity contribution in [3.05, 3.63) is 57.3 Å². The minimum absolute atomic E-state index is 0.00104. The number of halogens is 1. The Morgan fingerprint density at radius 3 is 2.79 bits per heavy atom. The first-order chi connectivity index (χ1) is 13.5. The summed E-state index contributed by atoms with van der Waals surface area (Å²) in [5, 5.41) is 4.05. The number of nitrogens with one attached hydrogen (secondary N) is 1. The second kappa shape index (κ2) is 7.79. The van der Waals surface area contributed by atoms with Crippen LogP contribution < -0.4 is 10.1 Å². The molecule has 1 N–H and O–H groups in total. The summed E-state index contributed by atoms with van der Waals surface area (Å²) in [5.74, 6) is 0.780. The molecule has 3 aromatic rings. The molecule has 1 aliphatic rings. The lowest BCUT2D eigenvalue weighted by molar-refractivity contribution is 0.269. The van der Waals surface area contributed by atoms with Crippen molar-refractivity contribution in [2.24, 2.45) is 5.92 Å². The van der Waals surface area contributed by atoms with Crippen molar-refractivity contribution in [1.82, 2.24) is 19.9 Å². The smallest absolute Gasteiger partial charge is 0.256 e. The molecule has 8 heteroatoms. The molecule has 0 saturated heterocycles. The molecule has 4 rings (SSSR count). The zero-order chi connectivity index (χ0) is 19.7. The molecule has 2 atom stereocenters. The predicted octanol–water partition coefficient (Wildman–Crippen LogP) is 4.19. The van der Waals surface area contributed by atoms with Gasteiger partial charge in [0.15, 0.2) is 5.82 Å². The van der Waals surface area contributed by atoms with Gasteiger partial charge in [-0.05, 0) is 39.3 Å². The zero-order valence-corrected chi connectivity index (χ0v) is 16.9. The highest BCUT2D eigenvalue weighted by Gasteiger charge is 2.40. The molecule has 1 saturated carbocycles. The van der Waals surface area contributed by atoms with Crippen molar-refractivity contribution < 1.29 is 9.13 Å². The van der Waals surface area contributed by atoms with Gasteiger partial charge in [0.2, 0.25) is 5.82 Å². The van der Waals surface area contributed by atoms with E-state index in [1.165, 1.54) is 0 Å². The lowest BCUT2D eigenvalue weighted by Crippen LogP contribution is -2.10. The van der Waals surface area contributed by atoms with Crippen LogP contribution in [0.5, 0.6) is 5.88 Å². The number of hydrogen-bond acceptors (Lipinski definition) is 7. The van der Waals surface area contributed by atoms with Crippen LogP contribution in [0.1, 0.15) is 39.4 Å². The summed E-state index contributed by atoms with van der Waals surface area (Å²) < 4.78 is 20.5. The molecule has 0 amide bonds. The first-order valence-corrected chi connectivity index (χ1v) is 10.1. The van der Waals surface area contributed by atoms with Gasteiger partial charge < -0.3 is 10.1 Å². The summed E-state index contributed by atoms with van der Waals surface area (Å²) in [4.78, 5) is 18.2. The molecular formula is C20H22FN5OS. The van der Waals surface area contributed by atoms with Crippen LogP contribution in [0.25, 0.3) is 0 Å². The highest BCUT2D eigenvalue weighted by atomic mass is 32.1. The van der Waals surface area contributed by atoms with Gasteiger partial charge in [-0.15, -0.1) is 11.3 Å². The van der Waals surface area contributed by atoms with Gasteiger partial charge in [-0.2, -0.15) is 9.37 Å². The van der Waals surface area contributed by atoms with E-state index in [1.807, 2.05) is 32.0 Å². The Bertz CT molecular complexity index is 978. The van der Waals surface area contributed by atoms with Crippen LogP contribution in [0, 0.1) is 32.5 Å². The molecule has 0 spiro atoms. The number of anilines is 1. The fraction of sp³-hybridized carbons (Fsp3) is 0.400. The standard InChI is InChI=1S/C20H22FN5OS/c1-11-17(28-13(3)24-11)9-23-19-18(21)20(26-12(2)25-19)27-10-14-8-15(14)16-6-4-5-7-22-16/h4-7,14-15H,8-10H2,1-3H3,(H,23,25,26)/t14-,15+/m1/s1. The Balaban J connectivity index is 1.40. The van der Waals surface area contributed by atoms with Gasteiger partial charge in [0.05, 0.1) is 23.9 Å². The van der Waals surface area contributed by atoms with Crippen molar-refractivity contribution in [1.29, 1.82) is 0 Å². The van der Waals surface area contributed by atoms with E-state index in [2.05, 4.69) is 25.3 Å². The van der Waals surface area contributed by atoms with Gasteiger partial charge in [-0.25, -0.2) is 9.97 Å². The number of aryl methyl sites for hydroxylation is 3. The molecule has 6 nitrogen and oxygen atoms in total. The number of aromatic nitrogens is 4. The predicted molar refractivity (Wildman–Crippen MR) is 106 cm³/mol. The molecule has 1 fully saturated rings. The SMILES string of the molecule is Cc1nc(NCc2sc(C)nc2C)c(F)c(OC[C@H]2C[C@@H]2c2ccccn2)n1. The summed E-state index contributed by atoms with van der Waals surface area (Å²) in [5.41, 5.74) is 2.01. The quantitative estimate of drug-likeness (QED) is 0.642. The zero-order valence-electron chi connectivity index (χ0n) is 16.1. The molecule has 0 bridgehead atoms. The fourth-order valence-corrected chi connectivity index (χ4v) is 4.10. The van der Waals surface area contributed by atoms with E-state index in [0.717, 1.165) is 27.7 Å². The number of pyridine rings is 1. The van der Waals surface area contributed by atoms with Gasteiger partial charge in [0.25, 0.3) is 5.88 Å². The maximum Gasteiger partial charge on any atom is 0.256 e. The highest BCUT2D eigenvalue weighted by Crippen LogP contribution is 2.46. The Labute approximate surface area is 167 Å². The molecule has 0 radical (unpaired) electrons. The van der Waals surface area contributed by atoms with Crippen molar-refractivity contribution in [3.8, 4) is 5.88 Å². The minimum atomic E-state index is -0.556. The van der Waals surface area contributed by atoms with Crippen molar-refractivity contribution >= 4 is 17.2 Å². The van der Waals surface area contributed by atoms with E-state index >= 15 is 0 Å². The third-order valence-corrected chi connectivity index (χ3v) is 5.85. The molecule has 146 valence electrons. The summed E-state index contributed by atoms with van der Waals surface area (Å²) >= 11 is 1.59. The van der Waals surface area contributed by atoms with Crippen LogP contribution in [0.3, 0.4) is 0 Å². The van der Waals surface area contributed by atoms with Gasteiger partial charge >= 0.3 is 0 Å². The monoisotopic (exact) mass is 399 g/mol. The largest absolute Gasteiger partial charge is 0.475 e. The molecule has 0 aromatic carbocycles. The maximum absolute atomic E-state index is 14.8. The summed E-state index contributed by atoms with van der Waals surface area (Å²) in [6, 6.07) is 5.90. The number of thiazole rings is 1. The molecular weight excluding hydrogens is 377 g/mol. The Hall–Kier alpha value is -2.61. The molecule has 28 heavy (non-hydrogen) atoms. The molecule has 3 heterocycles. The lowest BCUT2D eigenvalue weighted by atomic mass is 10.2. The van der Waals surface area contributed by atoms with Crippen LogP contribution in [-0.2, 0) is 6.54 Å². The van der Waals surface area contributed by atoms with Crippen LogP contribution in [-0.4, -0.2) is 26.5 Å². The second-order valence-corrected chi connectivity index (χ2v) is 8.29. The van der Waals surface area contributed by atoms with Gasteiger partial charge in [0.1, 0.15) is 5.82 Å². The number of nitrogens with zero attached hydrogens (tertiary/aromatic N) is 4. The van der Waals surface area contributed by atoms with Crippen LogP contribution >= 0.6 is 11.3 Å². The second-order valence-electron chi connectivity index (χ2n) is 7.00. The van der Waals surface area contributed by atoms with E-state index in [-0.39, 0.29) is 11.7 Å². The van der Waals surface area contributed by atoms with E-state index in [9.17, 15) is 4.39 Å². The van der Waals surface area contributed by atoms with Gasteiger partial charge in [-0.3, -0.25) is 4.98 Å². The summed E-state index contributed by atoms with van der Waals surface area (Å²) in [7, 11) is 0. The molecule has 1 aliphatic carbocycles. The van der Waals surface area contributed by atoms with E-state index < -0.39 is 5.82 Å². The summed E-state index contributed by atoms with van der Waals surface area (Å²) in [6.45, 7) is 6.52. The van der Waals surface area contributed by atoms with Gasteiger partial charge in [-0.1, -0.05) is 6.07 Å². The fourth-order valence-electron chi connectivity index (χ4n) is 3.22. The first kappa shape index (κ1) is 18.7. The minimum Gasteiger partial charge on any atom is -0.475 e. The summed E-state index contributed by atoms with van der Waals surface area (Å²) in [6.07, 6.45) is 2.79. The number of ether oxygens (including phenoxy) is 1. The maximum atomic E-state index is 14.8. The average molecular weight is 399 g/mol. The Kier molecular flexibility index (Phi) is 5.21. The van der Waals surface area contributed by atoms with Crippen molar-refractivity contribution in [3.63, 3.8) is 0 Å². The highest BCUT2D eigenvalue weighted by molar-refractivity contribution is 7.11. The average Bonchev–Trinajstić information content (AvgIpc) is 3.39. The topological polar surface area (TPSA) is 72.8 Å².